The van der Waals surface area contributed by atoms with Gasteiger partial charge in [0.25, 0.3) is 0 Å². The molecule has 0 aliphatic carbocycles. The Balaban J connectivity index is 1.74. The van der Waals surface area contributed by atoms with E-state index >= 15 is 0 Å². The fourth-order valence-electron chi connectivity index (χ4n) is 3.75. The molecule has 2 heterocycles. The highest BCUT2D eigenvalue weighted by Gasteiger charge is 2.32. The van der Waals surface area contributed by atoms with Gasteiger partial charge in [0.15, 0.2) is 17.2 Å². The number of hydrogen-bond acceptors (Lipinski definition) is 5. The topological polar surface area (TPSA) is 85.1 Å². The highest BCUT2D eigenvalue weighted by molar-refractivity contribution is 5.90. The van der Waals surface area contributed by atoms with Crippen molar-refractivity contribution in [3.05, 3.63) is 71.8 Å². The molecule has 2 N–H and O–H groups in total. The maximum absolute atomic E-state index is 14.2. The monoisotopic (exact) mass is 557 g/mol. The van der Waals surface area contributed by atoms with Crippen LogP contribution in [-0.2, 0) is 0 Å². The van der Waals surface area contributed by atoms with Crippen LogP contribution in [0.25, 0.3) is 16.9 Å². The van der Waals surface area contributed by atoms with Crippen molar-refractivity contribution in [2.75, 3.05) is 11.9 Å². The molecule has 2 aromatic heterocycles. The molecule has 0 aliphatic rings. The van der Waals surface area contributed by atoms with Gasteiger partial charge >= 0.3 is 18.5 Å². The largest absolute Gasteiger partial charge is 0.573 e. The summed E-state index contributed by atoms with van der Waals surface area (Å²) < 4.78 is 100. The number of aromatic nitrogens is 2. The van der Waals surface area contributed by atoms with Gasteiger partial charge in [0.1, 0.15) is 11.5 Å². The van der Waals surface area contributed by atoms with E-state index in [4.69, 9.17) is 4.74 Å². The Morgan fingerprint density at radius 2 is 1.79 bits per heavy atom. The maximum Gasteiger partial charge on any atom is 0.573 e. The van der Waals surface area contributed by atoms with Gasteiger partial charge in [0.2, 0.25) is 0 Å². The van der Waals surface area contributed by atoms with Gasteiger partial charge in [-0.1, -0.05) is 6.07 Å². The lowest BCUT2D eigenvalue weighted by atomic mass is 10.0. The van der Waals surface area contributed by atoms with E-state index in [9.17, 15) is 40.6 Å². The number of aromatic carboxylic acids is 1. The second-order valence-electron chi connectivity index (χ2n) is 8.30. The first-order chi connectivity index (χ1) is 18.2. The molecule has 39 heavy (non-hydrogen) atoms. The third kappa shape index (κ3) is 6.69. The molecule has 0 bridgehead atoms. The average molecular weight is 557 g/mol. The molecule has 7 nitrogen and oxygen atoms in total. The number of aryl methyl sites for hydroxylation is 1. The second-order valence-corrected chi connectivity index (χ2v) is 8.30. The number of imidazole rings is 1. The summed E-state index contributed by atoms with van der Waals surface area (Å²) in [5, 5.41) is 11.9. The number of ether oxygens (including phenoxy) is 2. The molecule has 0 fully saturated rings. The Hall–Kier alpha value is -4.49. The first kappa shape index (κ1) is 27.5. The number of fused-ring (bicyclic) bond motifs is 1. The Labute approximate surface area is 215 Å². The number of benzene rings is 2. The Morgan fingerprint density at radius 1 is 1.05 bits per heavy atom. The summed E-state index contributed by atoms with van der Waals surface area (Å²) in [6, 6.07) is 8.21. The van der Waals surface area contributed by atoms with Gasteiger partial charge in [-0.3, -0.25) is 4.40 Å². The molecule has 4 rings (SSSR count). The number of pyridine rings is 1. The average Bonchev–Trinajstić information content (AvgIpc) is 3.23. The summed E-state index contributed by atoms with van der Waals surface area (Å²) in [4.78, 5) is 15.6. The molecule has 4 aromatic rings. The van der Waals surface area contributed by atoms with Crippen LogP contribution < -0.4 is 14.8 Å². The molecule has 206 valence electrons. The number of carbonyl (C=O) groups is 1. The minimum atomic E-state index is -5.11. The second kappa shape index (κ2) is 10.3. The van der Waals surface area contributed by atoms with E-state index < -0.39 is 43.0 Å². The lowest BCUT2D eigenvalue weighted by Crippen LogP contribution is -2.17. The molecular weight excluding hydrogens is 539 g/mol. The Morgan fingerprint density at radius 3 is 2.41 bits per heavy atom. The molecule has 0 unspecified atom stereocenters. The van der Waals surface area contributed by atoms with E-state index in [1.54, 1.807) is 13.0 Å². The number of alkyl halides is 6. The zero-order valence-electron chi connectivity index (χ0n) is 19.8. The minimum absolute atomic E-state index is 0.0148. The van der Waals surface area contributed by atoms with Crippen molar-refractivity contribution in [3.8, 4) is 28.5 Å². The molecule has 0 spiro atoms. The van der Waals surface area contributed by atoms with Crippen LogP contribution in [0.1, 0.15) is 22.3 Å². The van der Waals surface area contributed by atoms with Crippen molar-refractivity contribution in [1.29, 1.82) is 0 Å². The minimum Gasteiger partial charge on any atom is -0.478 e. The molecular formula is C25H18F7N3O4. The summed E-state index contributed by atoms with van der Waals surface area (Å²) in [7, 11) is 0. The standard InChI is InChI=1S/C25H18F7N3O4/c1-13-8-14(2-4-17(13)23(36)37)20-11-34-22-19(33-7-6-24(27,28)29)10-16(12-35(20)22)38-15-3-5-21(18(26)9-15)39-25(30,31)32/h2-5,8-12,33H,6-7H2,1H3,(H,36,37). The van der Waals surface area contributed by atoms with Crippen molar-refractivity contribution in [1.82, 2.24) is 9.38 Å². The Bertz CT molecular complexity index is 1530. The number of carboxylic acid groups (broad SMARTS) is 1. The van der Waals surface area contributed by atoms with Gasteiger partial charge in [-0.05, 0) is 36.8 Å². The van der Waals surface area contributed by atoms with Crippen LogP contribution in [0.2, 0.25) is 0 Å². The highest BCUT2D eigenvalue weighted by atomic mass is 19.4. The summed E-state index contributed by atoms with van der Waals surface area (Å²) in [6.45, 7) is 1.09. The smallest absolute Gasteiger partial charge is 0.478 e. The highest BCUT2D eigenvalue weighted by Crippen LogP contribution is 2.34. The fraction of sp³-hybridized carbons (Fsp3) is 0.200. The zero-order valence-corrected chi connectivity index (χ0v) is 19.8. The van der Waals surface area contributed by atoms with E-state index in [0.717, 1.165) is 6.07 Å². The third-order valence-corrected chi connectivity index (χ3v) is 5.42. The molecule has 0 aliphatic heterocycles. The van der Waals surface area contributed by atoms with Crippen molar-refractivity contribution < 1.29 is 50.1 Å². The summed E-state index contributed by atoms with van der Waals surface area (Å²) in [5.41, 5.74) is 1.81. The SMILES string of the molecule is Cc1cc(-c2cnc3c(NCCC(F)(F)F)cc(Oc4ccc(OC(F)(F)F)c(F)c4)cn23)ccc1C(=O)O. The lowest BCUT2D eigenvalue weighted by molar-refractivity contribution is -0.275. The van der Waals surface area contributed by atoms with Crippen molar-refractivity contribution in [2.45, 2.75) is 25.9 Å². The number of rotatable bonds is 8. The zero-order chi connectivity index (χ0) is 28.5. The van der Waals surface area contributed by atoms with Gasteiger partial charge in [-0.15, -0.1) is 13.2 Å². The quantitative estimate of drug-likeness (QED) is 0.223. The molecule has 14 heteroatoms. The number of hydrogen-bond donors (Lipinski definition) is 2. The maximum atomic E-state index is 14.2. The molecule has 0 saturated heterocycles. The summed E-state index contributed by atoms with van der Waals surface area (Å²) >= 11 is 0. The van der Waals surface area contributed by atoms with Crippen LogP contribution in [0.3, 0.4) is 0 Å². The molecule has 0 saturated carbocycles. The predicted molar refractivity (Wildman–Crippen MR) is 125 cm³/mol. The van der Waals surface area contributed by atoms with Gasteiger partial charge in [-0.2, -0.15) is 13.2 Å². The van der Waals surface area contributed by atoms with Gasteiger partial charge in [0.05, 0.1) is 35.8 Å². The molecule has 0 radical (unpaired) electrons. The first-order valence-electron chi connectivity index (χ1n) is 11.1. The van der Waals surface area contributed by atoms with E-state index in [2.05, 4.69) is 15.0 Å². The number of halogens is 7. The van der Waals surface area contributed by atoms with Crippen molar-refractivity contribution >= 4 is 17.3 Å². The van der Waals surface area contributed by atoms with Crippen LogP contribution >= 0.6 is 0 Å². The molecule has 2 aromatic carbocycles. The normalized spacial score (nSPS) is 12.0. The first-order valence-corrected chi connectivity index (χ1v) is 11.1. The van der Waals surface area contributed by atoms with Crippen molar-refractivity contribution in [3.63, 3.8) is 0 Å². The number of carboxylic acids is 1. The van der Waals surface area contributed by atoms with E-state index in [1.165, 1.54) is 35.0 Å². The van der Waals surface area contributed by atoms with Crippen molar-refractivity contribution in [2.24, 2.45) is 0 Å². The number of nitrogens with one attached hydrogen (secondary N) is 1. The predicted octanol–water partition coefficient (Wildman–Crippen LogP) is 7.20. The lowest BCUT2D eigenvalue weighted by Gasteiger charge is -2.14. The Kier molecular flexibility index (Phi) is 7.31. The third-order valence-electron chi connectivity index (χ3n) is 5.42. The van der Waals surface area contributed by atoms with E-state index in [0.29, 0.717) is 29.0 Å². The van der Waals surface area contributed by atoms with Gasteiger partial charge < -0.3 is 19.9 Å². The number of anilines is 1. The van der Waals surface area contributed by atoms with Crippen LogP contribution in [0.5, 0.6) is 17.2 Å². The summed E-state index contributed by atoms with van der Waals surface area (Å²) in [6.07, 6.45) is -7.87. The molecule has 0 amide bonds. The van der Waals surface area contributed by atoms with E-state index in [-0.39, 0.29) is 28.4 Å². The van der Waals surface area contributed by atoms with Crippen LogP contribution in [0.4, 0.5) is 36.4 Å². The fourth-order valence-corrected chi connectivity index (χ4v) is 3.75. The van der Waals surface area contributed by atoms with Gasteiger partial charge in [0, 0.05) is 24.2 Å². The molecule has 0 atom stereocenters. The van der Waals surface area contributed by atoms with E-state index in [1.807, 2.05) is 0 Å². The summed E-state index contributed by atoms with van der Waals surface area (Å²) in [5.74, 6) is -3.78. The van der Waals surface area contributed by atoms with Crippen LogP contribution in [0.15, 0.2) is 54.9 Å². The van der Waals surface area contributed by atoms with Gasteiger partial charge in [-0.25, -0.2) is 14.2 Å². The van der Waals surface area contributed by atoms with Crippen LogP contribution in [-0.4, -0.2) is 39.5 Å². The number of nitrogens with zero attached hydrogens (tertiary/aromatic N) is 2. The van der Waals surface area contributed by atoms with Crippen LogP contribution in [0, 0.1) is 12.7 Å².